The van der Waals surface area contributed by atoms with Crippen molar-refractivity contribution in [3.8, 4) is 0 Å². The molecule has 0 saturated carbocycles. The summed E-state index contributed by atoms with van der Waals surface area (Å²) in [5.41, 5.74) is 7.72. The Morgan fingerprint density at radius 2 is 2.30 bits per heavy atom. The number of carbonyl (C=O) groups is 1. The molecule has 3 N–H and O–H groups in total. The van der Waals surface area contributed by atoms with Crippen molar-refractivity contribution in [1.82, 2.24) is 0 Å². The zero-order valence-corrected chi connectivity index (χ0v) is 12.0. The molecular weight excluding hydrogens is 256 g/mol. The summed E-state index contributed by atoms with van der Waals surface area (Å²) in [5, 5.41) is 10.0. The number of rotatable bonds is 3. The van der Waals surface area contributed by atoms with Gasteiger partial charge in [-0.05, 0) is 31.4 Å². The number of hydrogen-bond acceptors (Lipinski definition) is 5. The highest BCUT2D eigenvalue weighted by Crippen LogP contribution is 2.32. The molecule has 0 spiro atoms. The molecule has 2 rings (SSSR count). The third kappa shape index (κ3) is 2.88. The topological polar surface area (TPSA) is 75.8 Å². The van der Waals surface area contributed by atoms with Crippen molar-refractivity contribution in [2.24, 2.45) is 5.92 Å². The van der Waals surface area contributed by atoms with E-state index in [1.54, 1.807) is 25.1 Å². The molecule has 0 amide bonds. The van der Waals surface area contributed by atoms with Gasteiger partial charge in [0.1, 0.15) is 0 Å². The standard InChI is InChI=1S/C15H22N2O3/c1-3-20-15(19)11-5-4-6-12(16)14(11)17-8-7-10(2)13(18)9-17/h4-6,10,13,18H,3,7-9,16H2,1-2H3. The summed E-state index contributed by atoms with van der Waals surface area (Å²) in [6, 6.07) is 5.23. The van der Waals surface area contributed by atoms with Crippen LogP contribution in [0.5, 0.6) is 0 Å². The van der Waals surface area contributed by atoms with Crippen molar-refractivity contribution >= 4 is 17.3 Å². The molecule has 110 valence electrons. The first kappa shape index (κ1) is 14.7. The van der Waals surface area contributed by atoms with E-state index in [-0.39, 0.29) is 11.9 Å². The minimum Gasteiger partial charge on any atom is -0.462 e. The van der Waals surface area contributed by atoms with Gasteiger partial charge in [-0.1, -0.05) is 13.0 Å². The number of benzene rings is 1. The Hall–Kier alpha value is -1.75. The van der Waals surface area contributed by atoms with Gasteiger partial charge in [0.15, 0.2) is 0 Å². The van der Waals surface area contributed by atoms with E-state index in [1.165, 1.54) is 0 Å². The Balaban J connectivity index is 2.33. The van der Waals surface area contributed by atoms with E-state index in [4.69, 9.17) is 10.5 Å². The number of aliphatic hydroxyl groups excluding tert-OH is 1. The van der Waals surface area contributed by atoms with Crippen LogP contribution in [0.15, 0.2) is 18.2 Å². The summed E-state index contributed by atoms with van der Waals surface area (Å²) in [6.45, 7) is 5.40. The summed E-state index contributed by atoms with van der Waals surface area (Å²) in [5.74, 6) is -0.106. The lowest BCUT2D eigenvalue weighted by atomic mass is 9.95. The zero-order chi connectivity index (χ0) is 14.7. The van der Waals surface area contributed by atoms with E-state index in [0.29, 0.717) is 30.1 Å². The van der Waals surface area contributed by atoms with Gasteiger partial charge in [-0.15, -0.1) is 0 Å². The first-order chi connectivity index (χ1) is 9.54. The van der Waals surface area contributed by atoms with Gasteiger partial charge >= 0.3 is 5.97 Å². The lowest BCUT2D eigenvalue weighted by molar-refractivity contribution is 0.0526. The van der Waals surface area contributed by atoms with E-state index < -0.39 is 6.10 Å². The summed E-state index contributed by atoms with van der Waals surface area (Å²) >= 11 is 0. The van der Waals surface area contributed by atoms with E-state index in [0.717, 1.165) is 13.0 Å². The largest absolute Gasteiger partial charge is 0.462 e. The maximum absolute atomic E-state index is 12.0. The molecule has 5 nitrogen and oxygen atoms in total. The van der Waals surface area contributed by atoms with E-state index in [1.807, 2.05) is 11.8 Å². The van der Waals surface area contributed by atoms with Crippen LogP contribution < -0.4 is 10.6 Å². The second kappa shape index (κ2) is 6.13. The molecule has 2 unspecified atom stereocenters. The average molecular weight is 278 g/mol. The summed E-state index contributed by atoms with van der Waals surface area (Å²) < 4.78 is 5.08. The average Bonchev–Trinajstić information content (AvgIpc) is 2.42. The monoisotopic (exact) mass is 278 g/mol. The molecule has 0 radical (unpaired) electrons. The molecule has 1 aromatic carbocycles. The Labute approximate surface area is 119 Å². The van der Waals surface area contributed by atoms with Crippen molar-refractivity contribution in [2.75, 3.05) is 30.3 Å². The van der Waals surface area contributed by atoms with Crippen LogP contribution in [-0.2, 0) is 4.74 Å². The highest BCUT2D eigenvalue weighted by atomic mass is 16.5. The lowest BCUT2D eigenvalue weighted by Gasteiger charge is -2.37. The fourth-order valence-electron chi connectivity index (χ4n) is 2.54. The number of anilines is 2. The Morgan fingerprint density at radius 3 is 2.95 bits per heavy atom. The predicted molar refractivity (Wildman–Crippen MR) is 78.8 cm³/mol. The molecule has 0 aromatic heterocycles. The van der Waals surface area contributed by atoms with Crippen molar-refractivity contribution in [2.45, 2.75) is 26.4 Å². The summed E-state index contributed by atoms with van der Waals surface area (Å²) in [4.78, 5) is 14.0. The normalized spacial score (nSPS) is 22.6. The van der Waals surface area contributed by atoms with Crippen LogP contribution in [0.3, 0.4) is 0 Å². The number of piperidine rings is 1. The second-order valence-electron chi connectivity index (χ2n) is 5.24. The molecule has 1 aromatic rings. The second-order valence-corrected chi connectivity index (χ2v) is 5.24. The minimum atomic E-state index is -0.404. The number of para-hydroxylation sites is 1. The fraction of sp³-hybridized carbons (Fsp3) is 0.533. The Kier molecular flexibility index (Phi) is 4.49. The van der Waals surface area contributed by atoms with Crippen LogP contribution >= 0.6 is 0 Å². The molecule has 20 heavy (non-hydrogen) atoms. The van der Waals surface area contributed by atoms with Crippen LogP contribution in [0.25, 0.3) is 0 Å². The van der Waals surface area contributed by atoms with E-state index in [9.17, 15) is 9.90 Å². The van der Waals surface area contributed by atoms with Gasteiger partial charge in [-0.25, -0.2) is 4.79 Å². The predicted octanol–water partition coefficient (Wildman–Crippen LogP) is 1.65. The fourth-order valence-corrected chi connectivity index (χ4v) is 2.54. The number of nitrogens with zero attached hydrogens (tertiary/aromatic N) is 1. The van der Waals surface area contributed by atoms with Gasteiger partial charge < -0.3 is 20.5 Å². The molecule has 0 bridgehead atoms. The third-order valence-electron chi connectivity index (χ3n) is 3.80. The van der Waals surface area contributed by atoms with Gasteiger partial charge in [0, 0.05) is 13.1 Å². The molecule has 1 fully saturated rings. The number of nitrogens with two attached hydrogens (primary N) is 1. The summed E-state index contributed by atoms with van der Waals surface area (Å²) in [7, 11) is 0. The number of esters is 1. The van der Waals surface area contributed by atoms with Gasteiger partial charge in [0.05, 0.1) is 29.6 Å². The number of ether oxygens (including phenoxy) is 1. The van der Waals surface area contributed by atoms with Gasteiger partial charge in [0.25, 0.3) is 0 Å². The SMILES string of the molecule is CCOC(=O)c1cccc(N)c1N1CCC(C)C(O)C1. The molecule has 1 heterocycles. The number of hydrogen-bond donors (Lipinski definition) is 2. The molecule has 0 aliphatic carbocycles. The van der Waals surface area contributed by atoms with Crippen molar-refractivity contribution in [3.63, 3.8) is 0 Å². The molecular formula is C15H22N2O3. The van der Waals surface area contributed by atoms with E-state index >= 15 is 0 Å². The molecule has 1 aliphatic rings. The molecule has 2 atom stereocenters. The maximum atomic E-state index is 12.0. The summed E-state index contributed by atoms with van der Waals surface area (Å²) in [6.07, 6.45) is 0.469. The Bertz CT molecular complexity index is 490. The first-order valence-corrected chi connectivity index (χ1v) is 7.03. The van der Waals surface area contributed by atoms with Crippen molar-refractivity contribution in [1.29, 1.82) is 0 Å². The molecule has 1 aliphatic heterocycles. The number of β-amino-alcohol motifs (C(OH)–C–C–N with tert-alkyl or cyclic N) is 1. The van der Waals surface area contributed by atoms with Crippen LogP contribution in [0.2, 0.25) is 0 Å². The third-order valence-corrected chi connectivity index (χ3v) is 3.80. The smallest absolute Gasteiger partial charge is 0.340 e. The van der Waals surface area contributed by atoms with Crippen molar-refractivity contribution in [3.05, 3.63) is 23.8 Å². The number of carbonyl (C=O) groups excluding carboxylic acids is 1. The quantitative estimate of drug-likeness (QED) is 0.649. The minimum absolute atomic E-state index is 0.266. The van der Waals surface area contributed by atoms with Crippen LogP contribution in [0.4, 0.5) is 11.4 Å². The Morgan fingerprint density at radius 1 is 1.55 bits per heavy atom. The molecule has 1 saturated heterocycles. The lowest BCUT2D eigenvalue weighted by Crippen LogP contribution is -2.43. The molecule has 5 heteroatoms. The first-order valence-electron chi connectivity index (χ1n) is 7.03. The maximum Gasteiger partial charge on any atom is 0.340 e. The van der Waals surface area contributed by atoms with E-state index in [2.05, 4.69) is 0 Å². The highest BCUT2D eigenvalue weighted by molar-refractivity contribution is 5.99. The van der Waals surface area contributed by atoms with Crippen LogP contribution in [-0.4, -0.2) is 36.9 Å². The van der Waals surface area contributed by atoms with Gasteiger partial charge in [-0.3, -0.25) is 0 Å². The van der Waals surface area contributed by atoms with Crippen molar-refractivity contribution < 1.29 is 14.6 Å². The van der Waals surface area contributed by atoms with Crippen LogP contribution in [0.1, 0.15) is 30.6 Å². The van der Waals surface area contributed by atoms with Gasteiger partial charge in [0.2, 0.25) is 0 Å². The highest BCUT2D eigenvalue weighted by Gasteiger charge is 2.28. The number of aliphatic hydroxyl groups is 1. The zero-order valence-electron chi connectivity index (χ0n) is 12.0. The number of nitrogen functional groups attached to an aromatic ring is 1. The van der Waals surface area contributed by atoms with Gasteiger partial charge in [-0.2, -0.15) is 0 Å². The van der Waals surface area contributed by atoms with Crippen LogP contribution in [0, 0.1) is 5.92 Å².